The summed E-state index contributed by atoms with van der Waals surface area (Å²) in [4.78, 5) is 12.1. The first-order chi connectivity index (χ1) is 8.10. The maximum atomic E-state index is 12.8. The summed E-state index contributed by atoms with van der Waals surface area (Å²) < 4.78 is 18.2. The van der Waals surface area contributed by atoms with Gasteiger partial charge in [0, 0.05) is 0 Å². The molecule has 0 fully saturated rings. The fourth-order valence-corrected chi connectivity index (χ4v) is 1.60. The average Bonchev–Trinajstić information content (AvgIpc) is 2.18. The van der Waals surface area contributed by atoms with E-state index >= 15 is 0 Å². The van der Waals surface area contributed by atoms with Gasteiger partial charge in [0.2, 0.25) is 0 Å². The molecule has 0 unspecified atom stereocenters. The molecule has 100 valence electrons. The van der Waals surface area contributed by atoms with Crippen LogP contribution in [0.15, 0.2) is 24.3 Å². The first kappa shape index (κ1) is 14.7. The Kier molecular flexibility index (Phi) is 4.15. The molecule has 0 spiro atoms. The molecule has 0 aliphatic carbocycles. The molecule has 0 amide bonds. The number of carbonyl (C=O) groups excluding carboxylic acids is 1. The molecular weight excluding hydrogens is 231 g/mol. The fourth-order valence-electron chi connectivity index (χ4n) is 1.60. The minimum absolute atomic E-state index is 0.237. The van der Waals surface area contributed by atoms with Gasteiger partial charge in [-0.2, -0.15) is 0 Å². The van der Waals surface area contributed by atoms with Crippen molar-refractivity contribution in [2.45, 2.75) is 46.6 Å². The predicted octanol–water partition coefficient (Wildman–Crippen LogP) is 3.74. The summed E-state index contributed by atoms with van der Waals surface area (Å²) in [5, 5.41) is 0. The van der Waals surface area contributed by atoms with Crippen molar-refractivity contribution < 1.29 is 13.9 Å². The largest absolute Gasteiger partial charge is 0.460 e. The summed E-state index contributed by atoms with van der Waals surface area (Å²) >= 11 is 0. The van der Waals surface area contributed by atoms with E-state index in [2.05, 4.69) is 0 Å². The van der Waals surface area contributed by atoms with E-state index in [9.17, 15) is 9.18 Å². The number of ether oxygens (including phenoxy) is 1. The highest BCUT2D eigenvalue weighted by Gasteiger charge is 2.32. The third-order valence-corrected chi connectivity index (χ3v) is 2.51. The molecular formula is C15H21FO2. The van der Waals surface area contributed by atoms with Gasteiger partial charge in [-0.15, -0.1) is 0 Å². The summed E-state index contributed by atoms with van der Waals surface area (Å²) in [6.45, 7) is 9.21. The second-order valence-electron chi connectivity index (χ2n) is 6.19. The van der Waals surface area contributed by atoms with Crippen LogP contribution in [-0.2, 0) is 16.0 Å². The van der Waals surface area contributed by atoms with Crippen LogP contribution in [0.5, 0.6) is 0 Å². The molecule has 1 rings (SSSR count). The topological polar surface area (TPSA) is 26.3 Å². The second-order valence-corrected chi connectivity index (χ2v) is 6.19. The SMILES string of the molecule is CC(C)(C)OC(=O)C(C)(C)Cc1ccc(F)cc1. The molecule has 0 bridgehead atoms. The van der Waals surface area contributed by atoms with Crippen molar-refractivity contribution in [1.82, 2.24) is 0 Å². The quantitative estimate of drug-likeness (QED) is 0.766. The van der Waals surface area contributed by atoms with Gasteiger partial charge in [-0.05, 0) is 58.7 Å². The molecule has 0 aliphatic heterocycles. The van der Waals surface area contributed by atoms with E-state index in [0.29, 0.717) is 6.42 Å². The number of esters is 1. The Labute approximate surface area is 108 Å². The normalized spacial score (nSPS) is 12.3. The lowest BCUT2D eigenvalue weighted by Gasteiger charge is -2.28. The van der Waals surface area contributed by atoms with Crippen LogP contribution < -0.4 is 0 Å². The van der Waals surface area contributed by atoms with Crippen molar-refractivity contribution in [2.24, 2.45) is 5.41 Å². The second kappa shape index (κ2) is 5.09. The highest BCUT2D eigenvalue weighted by Crippen LogP contribution is 2.26. The summed E-state index contributed by atoms with van der Waals surface area (Å²) in [6.07, 6.45) is 0.530. The smallest absolute Gasteiger partial charge is 0.312 e. The molecule has 1 aromatic carbocycles. The van der Waals surface area contributed by atoms with E-state index in [-0.39, 0.29) is 11.8 Å². The highest BCUT2D eigenvalue weighted by molar-refractivity contribution is 5.76. The molecule has 0 atom stereocenters. The van der Waals surface area contributed by atoms with Crippen LogP contribution in [0.25, 0.3) is 0 Å². The Morgan fingerprint density at radius 1 is 1.11 bits per heavy atom. The van der Waals surface area contributed by atoms with Gasteiger partial charge in [0.1, 0.15) is 11.4 Å². The predicted molar refractivity (Wildman–Crippen MR) is 69.7 cm³/mol. The van der Waals surface area contributed by atoms with Crippen molar-refractivity contribution in [2.75, 3.05) is 0 Å². The third-order valence-electron chi connectivity index (χ3n) is 2.51. The molecule has 0 saturated carbocycles. The van der Waals surface area contributed by atoms with Crippen LogP contribution in [0.2, 0.25) is 0 Å². The maximum absolute atomic E-state index is 12.8. The summed E-state index contributed by atoms with van der Waals surface area (Å²) in [5.74, 6) is -0.506. The van der Waals surface area contributed by atoms with Crippen LogP contribution in [0.4, 0.5) is 4.39 Å². The summed E-state index contributed by atoms with van der Waals surface area (Å²) in [7, 11) is 0. The number of hydrogen-bond donors (Lipinski definition) is 0. The lowest BCUT2D eigenvalue weighted by atomic mass is 9.85. The van der Waals surface area contributed by atoms with Gasteiger partial charge in [-0.3, -0.25) is 4.79 Å². The van der Waals surface area contributed by atoms with Crippen molar-refractivity contribution in [3.8, 4) is 0 Å². The Morgan fingerprint density at radius 2 is 1.61 bits per heavy atom. The van der Waals surface area contributed by atoms with E-state index in [1.165, 1.54) is 12.1 Å². The van der Waals surface area contributed by atoms with Crippen molar-refractivity contribution in [3.63, 3.8) is 0 Å². The maximum Gasteiger partial charge on any atom is 0.312 e. The number of carbonyl (C=O) groups is 1. The van der Waals surface area contributed by atoms with Crippen LogP contribution >= 0.6 is 0 Å². The molecule has 0 heterocycles. The van der Waals surface area contributed by atoms with E-state index < -0.39 is 11.0 Å². The lowest BCUT2D eigenvalue weighted by Crippen LogP contribution is -2.35. The minimum Gasteiger partial charge on any atom is -0.460 e. The molecule has 1 aromatic rings. The van der Waals surface area contributed by atoms with E-state index in [0.717, 1.165) is 5.56 Å². The molecule has 0 saturated heterocycles. The molecule has 0 radical (unpaired) electrons. The average molecular weight is 252 g/mol. The zero-order chi connectivity index (χ0) is 14.0. The van der Waals surface area contributed by atoms with Gasteiger partial charge in [0.25, 0.3) is 0 Å². The van der Waals surface area contributed by atoms with Crippen LogP contribution in [-0.4, -0.2) is 11.6 Å². The van der Waals surface area contributed by atoms with Crippen LogP contribution in [0, 0.1) is 11.2 Å². The van der Waals surface area contributed by atoms with Crippen molar-refractivity contribution in [3.05, 3.63) is 35.6 Å². The Morgan fingerprint density at radius 3 is 2.06 bits per heavy atom. The highest BCUT2D eigenvalue weighted by atomic mass is 19.1. The monoisotopic (exact) mass is 252 g/mol. The molecule has 0 aromatic heterocycles. The van der Waals surface area contributed by atoms with Crippen LogP contribution in [0.1, 0.15) is 40.2 Å². The number of rotatable bonds is 3. The van der Waals surface area contributed by atoms with Gasteiger partial charge >= 0.3 is 5.97 Å². The van der Waals surface area contributed by atoms with Gasteiger partial charge < -0.3 is 4.74 Å². The molecule has 2 nitrogen and oxygen atoms in total. The summed E-state index contributed by atoms with van der Waals surface area (Å²) in [6, 6.07) is 6.20. The van der Waals surface area contributed by atoms with E-state index in [1.54, 1.807) is 12.1 Å². The lowest BCUT2D eigenvalue weighted by molar-refractivity contribution is -0.165. The zero-order valence-corrected chi connectivity index (χ0v) is 11.7. The number of hydrogen-bond acceptors (Lipinski definition) is 2. The Hall–Kier alpha value is -1.38. The molecule has 18 heavy (non-hydrogen) atoms. The first-order valence-electron chi connectivity index (χ1n) is 6.08. The van der Waals surface area contributed by atoms with E-state index in [1.807, 2.05) is 34.6 Å². The molecule has 3 heteroatoms. The molecule has 0 N–H and O–H groups in total. The fraction of sp³-hybridized carbons (Fsp3) is 0.533. The van der Waals surface area contributed by atoms with Crippen molar-refractivity contribution in [1.29, 1.82) is 0 Å². The third kappa shape index (κ3) is 4.47. The molecule has 0 aliphatic rings. The van der Waals surface area contributed by atoms with Gasteiger partial charge in [0.15, 0.2) is 0 Å². The first-order valence-corrected chi connectivity index (χ1v) is 6.08. The van der Waals surface area contributed by atoms with Crippen LogP contribution in [0.3, 0.4) is 0 Å². The number of benzene rings is 1. The number of halogens is 1. The van der Waals surface area contributed by atoms with E-state index in [4.69, 9.17) is 4.74 Å². The van der Waals surface area contributed by atoms with Gasteiger partial charge in [-0.1, -0.05) is 12.1 Å². The van der Waals surface area contributed by atoms with Gasteiger partial charge in [-0.25, -0.2) is 4.39 Å². The Bertz CT molecular complexity index is 413. The Balaban J connectivity index is 2.75. The standard InChI is InChI=1S/C15H21FO2/c1-14(2,3)18-13(17)15(4,5)10-11-6-8-12(16)9-7-11/h6-9H,10H2,1-5H3. The van der Waals surface area contributed by atoms with Gasteiger partial charge in [0.05, 0.1) is 5.41 Å². The van der Waals surface area contributed by atoms with Crippen molar-refractivity contribution >= 4 is 5.97 Å². The minimum atomic E-state index is -0.620. The zero-order valence-electron chi connectivity index (χ0n) is 11.7. The summed E-state index contributed by atoms with van der Waals surface area (Å²) in [5.41, 5.74) is -0.185.